The monoisotopic (exact) mass is 451 g/mol. The number of carbonyl (C=O) groups excluding carboxylic acids is 1. The minimum atomic E-state index is 0. The Balaban J connectivity index is 0.00000320. The number of benzene rings is 1. The Morgan fingerprint density at radius 2 is 1.80 bits per heavy atom. The standard InChI is InChI=1S/C24H37N3OS.ClH/c1-5-6-11-20-14-16-22(17-15-20)27(19(3)28)23-18(2)29-24(26(23)4)25-21-12-9-7-8-10-13-21;/h14-18,21,23H,5-13H2,1-4H3;1H. The van der Waals surface area contributed by atoms with Gasteiger partial charge < -0.3 is 4.90 Å². The summed E-state index contributed by atoms with van der Waals surface area (Å²) in [5.41, 5.74) is 2.33. The zero-order valence-corrected chi connectivity index (χ0v) is 20.6. The predicted molar refractivity (Wildman–Crippen MR) is 133 cm³/mol. The highest BCUT2D eigenvalue weighted by atomic mass is 35.5. The summed E-state index contributed by atoms with van der Waals surface area (Å²) in [4.78, 5) is 22.0. The largest absolute Gasteiger partial charge is 0.333 e. The molecule has 0 spiro atoms. The average Bonchev–Trinajstić information content (AvgIpc) is 2.88. The van der Waals surface area contributed by atoms with E-state index in [1.807, 2.05) is 16.7 Å². The minimum absolute atomic E-state index is 0. The summed E-state index contributed by atoms with van der Waals surface area (Å²) < 4.78 is 0. The number of rotatable bonds is 6. The van der Waals surface area contributed by atoms with Gasteiger partial charge in [-0.2, -0.15) is 0 Å². The van der Waals surface area contributed by atoms with E-state index in [4.69, 9.17) is 4.99 Å². The maximum atomic E-state index is 12.7. The Hall–Kier alpha value is -1.20. The number of nitrogens with zero attached hydrogens (tertiary/aromatic N) is 3. The first-order chi connectivity index (χ1) is 14.0. The number of halogens is 1. The highest BCUT2D eigenvalue weighted by Gasteiger charge is 2.40. The molecule has 1 aliphatic heterocycles. The van der Waals surface area contributed by atoms with Crippen molar-refractivity contribution in [3.8, 4) is 0 Å². The molecule has 1 aromatic rings. The van der Waals surface area contributed by atoms with Crippen LogP contribution in [0.15, 0.2) is 29.3 Å². The molecule has 1 amide bonds. The van der Waals surface area contributed by atoms with Crippen molar-refractivity contribution in [3.05, 3.63) is 29.8 Å². The number of thioether (sulfide) groups is 1. The van der Waals surface area contributed by atoms with Crippen molar-refractivity contribution < 1.29 is 4.79 Å². The third-order valence-electron chi connectivity index (χ3n) is 6.16. The molecular formula is C24H38ClN3OS. The fourth-order valence-corrected chi connectivity index (χ4v) is 5.75. The van der Waals surface area contributed by atoms with E-state index in [1.165, 1.54) is 56.9 Å². The molecule has 1 aliphatic carbocycles. The highest BCUT2D eigenvalue weighted by molar-refractivity contribution is 8.14. The summed E-state index contributed by atoms with van der Waals surface area (Å²) >= 11 is 1.82. The SMILES string of the molecule is CCCCc1ccc(N(C(C)=O)C2C(C)SC(=NC3CCCCCC3)N2C)cc1.Cl. The first kappa shape index (κ1) is 25.1. The Morgan fingerprint density at radius 3 is 2.37 bits per heavy atom. The molecule has 6 heteroatoms. The second-order valence-corrected chi connectivity index (χ2v) is 9.91. The zero-order chi connectivity index (χ0) is 20.8. The van der Waals surface area contributed by atoms with Crippen LogP contribution in [-0.2, 0) is 11.2 Å². The Kier molecular flexibility index (Phi) is 10.0. The fraction of sp³-hybridized carbons (Fsp3) is 0.667. The van der Waals surface area contributed by atoms with Crippen molar-refractivity contribution in [2.24, 2.45) is 4.99 Å². The van der Waals surface area contributed by atoms with Gasteiger partial charge in [0.05, 0.1) is 6.04 Å². The van der Waals surface area contributed by atoms with Crippen molar-refractivity contribution in [2.75, 3.05) is 11.9 Å². The molecule has 1 heterocycles. The first-order valence-electron chi connectivity index (χ1n) is 11.4. The van der Waals surface area contributed by atoms with Crippen LogP contribution < -0.4 is 4.90 Å². The molecule has 0 radical (unpaired) electrons. The van der Waals surface area contributed by atoms with Crippen LogP contribution in [-0.4, -0.2) is 40.5 Å². The lowest BCUT2D eigenvalue weighted by molar-refractivity contribution is -0.117. The smallest absolute Gasteiger partial charge is 0.225 e. The molecule has 2 atom stereocenters. The summed E-state index contributed by atoms with van der Waals surface area (Å²) in [6, 6.07) is 9.01. The quantitative estimate of drug-likeness (QED) is 0.477. The molecule has 1 saturated carbocycles. The third-order valence-corrected chi connectivity index (χ3v) is 7.38. The predicted octanol–water partition coefficient (Wildman–Crippen LogP) is 6.28. The molecule has 3 rings (SSSR count). The van der Waals surface area contributed by atoms with Gasteiger partial charge in [0.15, 0.2) is 5.17 Å². The molecule has 2 aliphatic rings. The van der Waals surface area contributed by atoms with Crippen molar-refractivity contribution in [3.63, 3.8) is 0 Å². The van der Waals surface area contributed by atoms with Gasteiger partial charge in [-0.25, -0.2) is 0 Å². The lowest BCUT2D eigenvalue weighted by Gasteiger charge is -2.35. The first-order valence-corrected chi connectivity index (χ1v) is 12.2. The second kappa shape index (κ2) is 12.0. The van der Waals surface area contributed by atoms with E-state index in [1.54, 1.807) is 6.92 Å². The van der Waals surface area contributed by atoms with Crippen molar-refractivity contribution in [2.45, 2.75) is 96.0 Å². The molecule has 1 saturated heterocycles. The maximum absolute atomic E-state index is 12.7. The molecule has 0 bridgehead atoms. The topological polar surface area (TPSA) is 35.9 Å². The van der Waals surface area contributed by atoms with E-state index < -0.39 is 0 Å². The van der Waals surface area contributed by atoms with Gasteiger partial charge in [-0.05, 0) is 50.3 Å². The number of hydrogen-bond donors (Lipinski definition) is 0. The van der Waals surface area contributed by atoms with Gasteiger partial charge in [-0.1, -0.05) is 62.9 Å². The molecule has 30 heavy (non-hydrogen) atoms. The number of aliphatic imine (C=N–C) groups is 1. The van der Waals surface area contributed by atoms with Crippen molar-refractivity contribution in [1.82, 2.24) is 4.90 Å². The van der Waals surface area contributed by atoms with Crippen molar-refractivity contribution >= 4 is 40.9 Å². The summed E-state index contributed by atoms with van der Waals surface area (Å²) in [5.74, 6) is 0.0892. The molecule has 1 aromatic carbocycles. The van der Waals surface area contributed by atoms with Gasteiger partial charge in [0.1, 0.15) is 6.17 Å². The van der Waals surface area contributed by atoms with Crippen LogP contribution in [0.3, 0.4) is 0 Å². The van der Waals surface area contributed by atoms with Crippen molar-refractivity contribution in [1.29, 1.82) is 0 Å². The fourth-order valence-electron chi connectivity index (χ4n) is 4.51. The summed E-state index contributed by atoms with van der Waals surface area (Å²) in [5, 5.41) is 1.38. The maximum Gasteiger partial charge on any atom is 0.225 e. The van der Waals surface area contributed by atoms with Crippen LogP contribution in [0.4, 0.5) is 5.69 Å². The Labute approximate surface area is 193 Å². The molecule has 0 aromatic heterocycles. The molecular weight excluding hydrogens is 414 g/mol. The number of carbonyl (C=O) groups is 1. The van der Waals surface area contributed by atoms with Gasteiger partial charge in [0, 0.05) is 24.9 Å². The summed E-state index contributed by atoms with van der Waals surface area (Å²) in [7, 11) is 2.10. The summed E-state index contributed by atoms with van der Waals surface area (Å²) in [6.45, 7) is 6.11. The van der Waals surface area contributed by atoms with Gasteiger partial charge in [-0.15, -0.1) is 12.4 Å². The normalized spacial score (nSPS) is 23.9. The van der Waals surface area contributed by atoms with Gasteiger partial charge in [0.2, 0.25) is 5.91 Å². The molecule has 168 valence electrons. The lowest BCUT2D eigenvalue weighted by Crippen LogP contribution is -2.50. The van der Waals surface area contributed by atoms with Gasteiger partial charge in [-0.3, -0.25) is 14.7 Å². The van der Waals surface area contributed by atoms with Crippen LogP contribution in [0.25, 0.3) is 0 Å². The lowest BCUT2D eigenvalue weighted by atomic mass is 10.1. The number of hydrogen-bond acceptors (Lipinski definition) is 3. The van der Waals surface area contributed by atoms with E-state index in [9.17, 15) is 4.79 Å². The Morgan fingerprint density at radius 1 is 1.17 bits per heavy atom. The average molecular weight is 452 g/mol. The number of unbranched alkanes of at least 4 members (excludes halogenated alkanes) is 1. The van der Waals surface area contributed by atoms with Gasteiger partial charge in [0.25, 0.3) is 0 Å². The summed E-state index contributed by atoms with van der Waals surface area (Å²) in [6.07, 6.45) is 11.2. The van der Waals surface area contributed by atoms with E-state index in [0.717, 1.165) is 17.3 Å². The third kappa shape index (κ3) is 6.16. The number of anilines is 1. The van der Waals surface area contributed by atoms with E-state index in [2.05, 4.69) is 50.1 Å². The molecule has 4 nitrogen and oxygen atoms in total. The Bertz CT molecular complexity index is 701. The van der Waals surface area contributed by atoms with Crippen LogP contribution in [0.1, 0.15) is 77.7 Å². The van der Waals surface area contributed by atoms with E-state index in [-0.39, 0.29) is 29.7 Å². The number of amidine groups is 1. The molecule has 2 fully saturated rings. The van der Waals surface area contributed by atoms with E-state index in [0.29, 0.717) is 6.04 Å². The number of aryl methyl sites for hydroxylation is 1. The molecule has 0 N–H and O–H groups in total. The van der Waals surface area contributed by atoms with Gasteiger partial charge >= 0.3 is 0 Å². The van der Waals surface area contributed by atoms with Crippen LogP contribution in [0, 0.1) is 0 Å². The second-order valence-electron chi connectivity index (χ2n) is 8.56. The van der Waals surface area contributed by atoms with E-state index >= 15 is 0 Å². The zero-order valence-electron chi connectivity index (χ0n) is 19.0. The van der Waals surface area contributed by atoms with Crippen LogP contribution in [0.2, 0.25) is 0 Å². The molecule has 2 unspecified atom stereocenters. The number of amides is 1. The highest BCUT2D eigenvalue weighted by Crippen LogP contribution is 2.36. The van der Waals surface area contributed by atoms with Crippen LogP contribution in [0.5, 0.6) is 0 Å². The van der Waals surface area contributed by atoms with Crippen LogP contribution >= 0.6 is 24.2 Å². The minimum Gasteiger partial charge on any atom is -0.333 e.